The lowest BCUT2D eigenvalue weighted by molar-refractivity contribution is 0.00632. The molecule has 3 aromatic carbocycles. The number of piperazine rings is 1. The molecule has 3 atom stereocenters. The molecule has 1 fully saturated rings. The molecule has 0 aliphatic carbocycles. The number of halogens is 3. The molecule has 0 aromatic heterocycles. The SMILES string of the molecule is C[C@@H]1CN(C[C@@](C)(O)c2ccc(F)cc2)C[C@@H](c2ccc(F)cc2)N1c1ccc(OCCO)cc1Cl. The quantitative estimate of drug-likeness (QED) is 0.434. The highest BCUT2D eigenvalue weighted by Gasteiger charge is 2.37. The van der Waals surface area contributed by atoms with Gasteiger partial charge in [0.1, 0.15) is 24.0 Å². The Morgan fingerprint density at radius 1 is 1.00 bits per heavy atom. The van der Waals surface area contributed by atoms with E-state index in [2.05, 4.69) is 16.7 Å². The second-order valence-electron chi connectivity index (χ2n) is 9.48. The third kappa shape index (κ3) is 5.98. The van der Waals surface area contributed by atoms with Crippen LogP contribution in [0.3, 0.4) is 0 Å². The van der Waals surface area contributed by atoms with E-state index in [4.69, 9.17) is 21.4 Å². The van der Waals surface area contributed by atoms with Gasteiger partial charge < -0.3 is 19.8 Å². The maximum atomic E-state index is 13.7. The summed E-state index contributed by atoms with van der Waals surface area (Å²) in [5.74, 6) is -0.0933. The normalized spacial score (nSPS) is 20.2. The van der Waals surface area contributed by atoms with Crippen LogP contribution in [-0.2, 0) is 5.60 Å². The van der Waals surface area contributed by atoms with Gasteiger partial charge in [0.25, 0.3) is 0 Å². The van der Waals surface area contributed by atoms with Crippen molar-refractivity contribution < 1.29 is 23.7 Å². The monoisotopic (exact) mass is 516 g/mol. The standard InChI is InChI=1S/C28H31ClF2N2O3/c1-19-16-32(18-28(2,35)21-5-9-23(31)10-6-21)17-27(20-3-7-22(30)8-4-20)33(19)26-12-11-24(15-25(26)29)36-14-13-34/h3-12,15,19,27,34-35H,13-14,16-18H2,1-2H3/t19-,27+,28-/m1/s1. The number of anilines is 1. The third-order valence-corrected chi connectivity index (χ3v) is 6.88. The van der Waals surface area contributed by atoms with Crippen LogP contribution in [0.25, 0.3) is 0 Å². The van der Waals surface area contributed by atoms with Gasteiger partial charge in [-0.15, -0.1) is 0 Å². The van der Waals surface area contributed by atoms with Crippen molar-refractivity contribution in [2.24, 2.45) is 0 Å². The molecule has 0 spiro atoms. The molecule has 0 amide bonds. The number of aliphatic hydroxyl groups is 2. The summed E-state index contributed by atoms with van der Waals surface area (Å²) in [4.78, 5) is 4.39. The Balaban J connectivity index is 1.63. The average Bonchev–Trinajstić information content (AvgIpc) is 2.83. The number of ether oxygens (including phenoxy) is 1. The number of benzene rings is 3. The second-order valence-corrected chi connectivity index (χ2v) is 9.89. The lowest BCUT2D eigenvalue weighted by Gasteiger charge is -2.49. The van der Waals surface area contributed by atoms with Crippen LogP contribution < -0.4 is 9.64 Å². The topological polar surface area (TPSA) is 56.2 Å². The molecule has 8 heteroatoms. The van der Waals surface area contributed by atoms with Gasteiger partial charge in [0.05, 0.1) is 29.0 Å². The van der Waals surface area contributed by atoms with Crippen LogP contribution in [0.5, 0.6) is 5.75 Å². The summed E-state index contributed by atoms with van der Waals surface area (Å²) in [7, 11) is 0. The Hall–Kier alpha value is -2.71. The van der Waals surface area contributed by atoms with E-state index < -0.39 is 5.60 Å². The average molecular weight is 517 g/mol. The number of aliphatic hydroxyl groups excluding tert-OH is 1. The Morgan fingerprint density at radius 3 is 2.25 bits per heavy atom. The number of hydrogen-bond acceptors (Lipinski definition) is 5. The van der Waals surface area contributed by atoms with Gasteiger partial charge in [0.15, 0.2) is 0 Å². The number of β-amino-alcohol motifs (C(OH)–C–C–N with tert-alkyl or cyclic N) is 1. The molecule has 0 bridgehead atoms. The van der Waals surface area contributed by atoms with Crippen molar-refractivity contribution in [1.82, 2.24) is 4.90 Å². The fourth-order valence-corrected chi connectivity index (χ4v) is 5.22. The second kappa shape index (κ2) is 11.1. The summed E-state index contributed by atoms with van der Waals surface area (Å²) in [5, 5.41) is 20.8. The summed E-state index contributed by atoms with van der Waals surface area (Å²) >= 11 is 6.69. The molecule has 1 aliphatic rings. The minimum Gasteiger partial charge on any atom is -0.491 e. The Morgan fingerprint density at radius 2 is 1.64 bits per heavy atom. The molecular weight excluding hydrogens is 486 g/mol. The zero-order valence-corrected chi connectivity index (χ0v) is 21.1. The van der Waals surface area contributed by atoms with Gasteiger partial charge >= 0.3 is 0 Å². The van der Waals surface area contributed by atoms with Gasteiger partial charge in [-0.05, 0) is 61.4 Å². The largest absolute Gasteiger partial charge is 0.491 e. The van der Waals surface area contributed by atoms with Gasteiger partial charge in [-0.25, -0.2) is 8.78 Å². The van der Waals surface area contributed by atoms with Crippen molar-refractivity contribution in [2.75, 3.05) is 37.7 Å². The molecule has 0 radical (unpaired) electrons. The van der Waals surface area contributed by atoms with E-state index in [1.54, 1.807) is 37.3 Å². The molecule has 1 heterocycles. The summed E-state index contributed by atoms with van der Waals surface area (Å²) < 4.78 is 32.7. The van der Waals surface area contributed by atoms with E-state index in [0.717, 1.165) is 11.3 Å². The van der Waals surface area contributed by atoms with Crippen molar-refractivity contribution >= 4 is 17.3 Å². The zero-order chi connectivity index (χ0) is 25.9. The van der Waals surface area contributed by atoms with Gasteiger partial charge in [-0.1, -0.05) is 35.9 Å². The van der Waals surface area contributed by atoms with E-state index in [0.29, 0.717) is 36.0 Å². The van der Waals surface area contributed by atoms with Crippen LogP contribution in [0.1, 0.15) is 31.0 Å². The molecule has 1 saturated heterocycles. The van der Waals surface area contributed by atoms with Crippen LogP contribution in [0.15, 0.2) is 66.7 Å². The van der Waals surface area contributed by atoms with Crippen LogP contribution in [0.4, 0.5) is 14.5 Å². The first kappa shape index (κ1) is 26.4. The highest BCUT2D eigenvalue weighted by molar-refractivity contribution is 6.33. The molecule has 36 heavy (non-hydrogen) atoms. The molecule has 0 saturated carbocycles. The highest BCUT2D eigenvalue weighted by atomic mass is 35.5. The van der Waals surface area contributed by atoms with Crippen molar-refractivity contribution in [1.29, 1.82) is 0 Å². The molecule has 1 aliphatic heterocycles. The zero-order valence-electron chi connectivity index (χ0n) is 20.4. The molecule has 2 N–H and O–H groups in total. The smallest absolute Gasteiger partial charge is 0.123 e. The Labute approximate surface area is 215 Å². The van der Waals surface area contributed by atoms with E-state index in [9.17, 15) is 13.9 Å². The predicted molar refractivity (Wildman–Crippen MR) is 138 cm³/mol. The molecule has 3 aromatic rings. The first-order valence-corrected chi connectivity index (χ1v) is 12.3. The molecule has 4 rings (SSSR count). The van der Waals surface area contributed by atoms with E-state index in [1.807, 2.05) is 12.1 Å². The summed E-state index contributed by atoms with van der Waals surface area (Å²) in [5.41, 5.74) is 1.19. The van der Waals surface area contributed by atoms with E-state index >= 15 is 0 Å². The van der Waals surface area contributed by atoms with Crippen molar-refractivity contribution in [3.63, 3.8) is 0 Å². The molecular formula is C28H31ClF2N2O3. The van der Waals surface area contributed by atoms with Crippen LogP contribution >= 0.6 is 11.6 Å². The first-order valence-electron chi connectivity index (χ1n) is 12.0. The summed E-state index contributed by atoms with van der Waals surface area (Å²) in [6, 6.07) is 17.6. The minimum absolute atomic E-state index is 0.000434. The molecule has 192 valence electrons. The van der Waals surface area contributed by atoms with Crippen molar-refractivity contribution in [2.45, 2.75) is 31.5 Å². The third-order valence-electron chi connectivity index (χ3n) is 6.57. The molecule has 5 nitrogen and oxygen atoms in total. The van der Waals surface area contributed by atoms with Gasteiger partial charge in [-0.2, -0.15) is 0 Å². The van der Waals surface area contributed by atoms with Gasteiger partial charge in [-0.3, -0.25) is 4.90 Å². The number of hydrogen-bond donors (Lipinski definition) is 2. The fraction of sp³-hybridized carbons (Fsp3) is 0.357. The Bertz CT molecular complexity index is 1160. The van der Waals surface area contributed by atoms with E-state index in [1.165, 1.54) is 24.3 Å². The predicted octanol–water partition coefficient (Wildman–Crippen LogP) is 5.15. The maximum Gasteiger partial charge on any atom is 0.123 e. The Kier molecular flexibility index (Phi) is 8.15. The summed E-state index contributed by atoms with van der Waals surface area (Å²) in [6.07, 6.45) is 0. The van der Waals surface area contributed by atoms with Crippen LogP contribution in [0, 0.1) is 11.6 Å². The van der Waals surface area contributed by atoms with Crippen molar-refractivity contribution in [3.8, 4) is 5.75 Å². The maximum absolute atomic E-state index is 13.7. The number of nitrogens with zero attached hydrogens (tertiary/aromatic N) is 2. The lowest BCUT2D eigenvalue weighted by Crippen LogP contribution is -2.56. The lowest BCUT2D eigenvalue weighted by atomic mass is 9.92. The van der Waals surface area contributed by atoms with Crippen LogP contribution in [0.2, 0.25) is 5.02 Å². The highest BCUT2D eigenvalue weighted by Crippen LogP contribution is 2.40. The van der Waals surface area contributed by atoms with Crippen molar-refractivity contribution in [3.05, 3.63) is 94.5 Å². The van der Waals surface area contributed by atoms with Gasteiger partial charge in [0, 0.05) is 31.7 Å². The van der Waals surface area contributed by atoms with Gasteiger partial charge in [0.2, 0.25) is 0 Å². The summed E-state index contributed by atoms with van der Waals surface area (Å²) in [6.45, 7) is 5.45. The van der Waals surface area contributed by atoms with E-state index in [-0.39, 0.29) is 36.9 Å². The first-order chi connectivity index (χ1) is 17.2. The number of rotatable bonds is 8. The van der Waals surface area contributed by atoms with Crippen LogP contribution in [-0.4, -0.2) is 54.0 Å². The fourth-order valence-electron chi connectivity index (χ4n) is 4.95. The minimum atomic E-state index is -1.19. The molecule has 0 unspecified atom stereocenters.